The fourth-order valence-electron chi connectivity index (χ4n) is 1.59. The number of fused-ring (bicyclic) bond motifs is 1. The van der Waals surface area contributed by atoms with Gasteiger partial charge < -0.3 is 4.74 Å². The maximum Gasteiger partial charge on any atom is 0.241 e. The monoisotopic (exact) mass is 280 g/mol. The molecular weight excluding hydrogens is 260 g/mol. The Morgan fingerprint density at radius 2 is 2.11 bits per heavy atom. The van der Waals surface area contributed by atoms with E-state index in [4.69, 9.17) is 10.6 Å². The van der Waals surface area contributed by atoms with Crippen molar-refractivity contribution in [3.8, 4) is 5.88 Å². The summed E-state index contributed by atoms with van der Waals surface area (Å²) in [4.78, 5) is 10.9. The van der Waals surface area contributed by atoms with Crippen molar-refractivity contribution in [2.24, 2.45) is 11.8 Å². The summed E-state index contributed by atoms with van der Waals surface area (Å²) in [5.41, 5.74) is 2.49. The molecule has 0 spiro atoms. The summed E-state index contributed by atoms with van der Waals surface area (Å²) >= 11 is 1.65. The Morgan fingerprint density at radius 1 is 1.37 bits per heavy atom. The fourth-order valence-corrected chi connectivity index (χ4v) is 2.54. The molecule has 0 bridgehead atoms. The number of nitrogens with zero attached hydrogens (tertiary/aromatic N) is 2. The van der Waals surface area contributed by atoms with E-state index < -0.39 is 0 Å². The number of nitrogens with one attached hydrogen (secondary N) is 1. The van der Waals surface area contributed by atoms with Crippen LogP contribution in [0.1, 0.15) is 32.6 Å². The molecule has 0 saturated heterocycles. The van der Waals surface area contributed by atoms with Crippen molar-refractivity contribution in [1.82, 2.24) is 9.97 Å². The molecule has 1 unspecified atom stereocenters. The van der Waals surface area contributed by atoms with Crippen LogP contribution in [0.2, 0.25) is 0 Å². The number of hydrogen-bond donors (Lipinski definition) is 2. The molecule has 6 heteroatoms. The van der Waals surface area contributed by atoms with Crippen molar-refractivity contribution >= 4 is 27.5 Å². The Balaban J connectivity index is 2.47. The summed E-state index contributed by atoms with van der Waals surface area (Å²) in [6.45, 7) is 8.41. The lowest BCUT2D eigenvalue weighted by Crippen LogP contribution is -2.20. The number of aryl methyl sites for hydroxylation is 1. The van der Waals surface area contributed by atoms with Gasteiger partial charge in [-0.15, -0.1) is 11.3 Å². The highest BCUT2D eigenvalue weighted by Gasteiger charge is 2.16. The highest BCUT2D eigenvalue weighted by atomic mass is 32.1. The number of aromatic nitrogens is 2. The van der Waals surface area contributed by atoms with Gasteiger partial charge in [0, 0.05) is 4.88 Å². The van der Waals surface area contributed by atoms with E-state index in [9.17, 15) is 0 Å². The molecule has 0 aliphatic carbocycles. The molecule has 3 N–H and O–H groups in total. The highest BCUT2D eigenvalue weighted by Crippen LogP contribution is 2.32. The number of ether oxygens (including phenoxy) is 1. The molecule has 0 aromatic carbocycles. The predicted molar refractivity (Wildman–Crippen MR) is 79.5 cm³/mol. The van der Waals surface area contributed by atoms with E-state index in [0.29, 0.717) is 17.7 Å². The Kier molecular flexibility index (Phi) is 4.21. The third kappa shape index (κ3) is 2.96. The first-order valence-corrected chi connectivity index (χ1v) is 7.30. The van der Waals surface area contributed by atoms with Crippen LogP contribution in [0.15, 0.2) is 6.07 Å². The van der Waals surface area contributed by atoms with E-state index in [1.165, 1.54) is 4.88 Å². The SMILES string of the molecule is CCc1cc2c(OC(C)C(C)C)nc(NN)nc2s1. The quantitative estimate of drug-likeness (QED) is 0.650. The molecule has 0 radical (unpaired) electrons. The molecular formula is C13H20N4OS. The lowest BCUT2D eigenvalue weighted by molar-refractivity contribution is 0.166. The summed E-state index contributed by atoms with van der Waals surface area (Å²) in [5.74, 6) is 6.83. The van der Waals surface area contributed by atoms with Crippen LogP contribution < -0.4 is 16.0 Å². The Hall–Kier alpha value is -1.40. The fraction of sp³-hybridized carbons (Fsp3) is 0.538. The van der Waals surface area contributed by atoms with Gasteiger partial charge in [-0.05, 0) is 25.3 Å². The molecule has 2 aromatic rings. The predicted octanol–water partition coefficient (Wildman–Crippen LogP) is 2.96. The minimum absolute atomic E-state index is 0.0914. The van der Waals surface area contributed by atoms with Gasteiger partial charge in [0.05, 0.1) is 11.5 Å². The van der Waals surface area contributed by atoms with E-state index in [1.807, 2.05) is 6.92 Å². The number of rotatable bonds is 5. The standard InChI is InChI=1S/C13H20N4OS/c1-5-9-6-10-11(18-8(4)7(2)3)15-13(17-14)16-12(10)19-9/h6-8H,5,14H2,1-4H3,(H,15,16,17). The number of thiophene rings is 1. The van der Waals surface area contributed by atoms with Crippen LogP contribution in [0.3, 0.4) is 0 Å². The third-order valence-corrected chi connectivity index (χ3v) is 4.30. The van der Waals surface area contributed by atoms with Gasteiger partial charge in [-0.3, -0.25) is 5.43 Å². The maximum absolute atomic E-state index is 5.95. The van der Waals surface area contributed by atoms with Gasteiger partial charge >= 0.3 is 0 Å². The van der Waals surface area contributed by atoms with Gasteiger partial charge in [0.25, 0.3) is 0 Å². The maximum atomic E-state index is 5.95. The zero-order valence-corrected chi connectivity index (χ0v) is 12.5. The van der Waals surface area contributed by atoms with Crippen molar-refractivity contribution in [3.05, 3.63) is 10.9 Å². The smallest absolute Gasteiger partial charge is 0.241 e. The minimum atomic E-state index is 0.0914. The Labute approximate surface area is 117 Å². The van der Waals surface area contributed by atoms with Crippen LogP contribution in [0.5, 0.6) is 5.88 Å². The molecule has 0 fully saturated rings. The van der Waals surface area contributed by atoms with E-state index in [2.05, 4.69) is 42.2 Å². The second-order valence-electron chi connectivity index (χ2n) is 4.85. The van der Waals surface area contributed by atoms with Gasteiger partial charge in [0.15, 0.2) is 0 Å². The van der Waals surface area contributed by atoms with Crippen molar-refractivity contribution in [2.75, 3.05) is 5.43 Å². The van der Waals surface area contributed by atoms with Crippen molar-refractivity contribution in [3.63, 3.8) is 0 Å². The molecule has 104 valence electrons. The molecule has 2 rings (SSSR count). The third-order valence-electron chi connectivity index (χ3n) is 3.12. The summed E-state index contributed by atoms with van der Waals surface area (Å²) in [5, 5.41) is 0.966. The van der Waals surface area contributed by atoms with Crippen LogP contribution in [0, 0.1) is 5.92 Å². The second-order valence-corrected chi connectivity index (χ2v) is 5.96. The molecule has 0 aliphatic rings. The summed E-state index contributed by atoms with van der Waals surface area (Å²) in [6, 6.07) is 2.10. The van der Waals surface area contributed by atoms with Gasteiger partial charge in [-0.25, -0.2) is 10.8 Å². The molecule has 5 nitrogen and oxygen atoms in total. The summed E-state index contributed by atoms with van der Waals surface area (Å²) < 4.78 is 5.95. The summed E-state index contributed by atoms with van der Waals surface area (Å²) in [7, 11) is 0. The van der Waals surface area contributed by atoms with E-state index in [0.717, 1.165) is 16.6 Å². The Bertz CT molecular complexity index is 567. The average Bonchev–Trinajstić information content (AvgIpc) is 2.81. The first-order valence-electron chi connectivity index (χ1n) is 6.48. The van der Waals surface area contributed by atoms with Crippen LogP contribution in [0.25, 0.3) is 10.2 Å². The zero-order valence-electron chi connectivity index (χ0n) is 11.7. The summed E-state index contributed by atoms with van der Waals surface area (Å²) in [6.07, 6.45) is 1.07. The molecule has 0 aliphatic heterocycles. The zero-order chi connectivity index (χ0) is 14.0. The van der Waals surface area contributed by atoms with Crippen molar-refractivity contribution in [2.45, 2.75) is 40.2 Å². The molecule has 0 amide bonds. The molecule has 0 saturated carbocycles. The Morgan fingerprint density at radius 3 is 2.68 bits per heavy atom. The van der Waals surface area contributed by atoms with Crippen molar-refractivity contribution < 1.29 is 4.74 Å². The number of nitrogen functional groups attached to an aromatic ring is 1. The highest BCUT2D eigenvalue weighted by molar-refractivity contribution is 7.18. The normalized spacial score (nSPS) is 12.9. The van der Waals surface area contributed by atoms with Gasteiger partial charge in [0.1, 0.15) is 4.83 Å². The number of hydrogen-bond acceptors (Lipinski definition) is 6. The molecule has 2 heterocycles. The molecule has 2 aromatic heterocycles. The van der Waals surface area contributed by atoms with Gasteiger partial charge in [-0.2, -0.15) is 4.98 Å². The largest absolute Gasteiger partial charge is 0.474 e. The van der Waals surface area contributed by atoms with E-state index in [-0.39, 0.29) is 6.10 Å². The first-order chi connectivity index (χ1) is 9.05. The van der Waals surface area contributed by atoms with Gasteiger partial charge in [0.2, 0.25) is 11.8 Å². The lowest BCUT2D eigenvalue weighted by Gasteiger charge is -2.18. The van der Waals surface area contributed by atoms with Crippen LogP contribution in [-0.2, 0) is 6.42 Å². The van der Waals surface area contributed by atoms with E-state index in [1.54, 1.807) is 11.3 Å². The first kappa shape index (κ1) is 14.0. The number of anilines is 1. The topological polar surface area (TPSA) is 73.1 Å². The number of hydrazine groups is 1. The molecule has 19 heavy (non-hydrogen) atoms. The minimum Gasteiger partial charge on any atom is -0.474 e. The second kappa shape index (κ2) is 5.71. The number of nitrogens with two attached hydrogens (primary N) is 1. The van der Waals surface area contributed by atoms with Gasteiger partial charge in [-0.1, -0.05) is 20.8 Å². The van der Waals surface area contributed by atoms with Crippen LogP contribution >= 0.6 is 11.3 Å². The van der Waals surface area contributed by atoms with Crippen molar-refractivity contribution in [1.29, 1.82) is 0 Å². The van der Waals surface area contributed by atoms with E-state index >= 15 is 0 Å². The average molecular weight is 280 g/mol. The van der Waals surface area contributed by atoms with Crippen LogP contribution in [-0.4, -0.2) is 16.1 Å². The van der Waals surface area contributed by atoms with Crippen LogP contribution in [0.4, 0.5) is 5.95 Å². The lowest BCUT2D eigenvalue weighted by atomic mass is 10.1. The molecule has 1 atom stereocenters.